The number of guanidine groups is 1. The van der Waals surface area contributed by atoms with E-state index in [1.54, 1.807) is 11.8 Å². The van der Waals surface area contributed by atoms with Gasteiger partial charge in [-0.05, 0) is 41.8 Å². The highest BCUT2D eigenvalue weighted by Gasteiger charge is 2.06. The molecule has 0 saturated heterocycles. The molecule has 2 aromatic rings. The summed E-state index contributed by atoms with van der Waals surface area (Å²) in [5, 5.41) is 5.55. The first-order valence-electron chi connectivity index (χ1n) is 7.30. The lowest BCUT2D eigenvalue weighted by molar-refractivity contribution is 0.486. The Morgan fingerprint density at radius 3 is 2.57 bits per heavy atom. The minimum Gasteiger partial charge on any atom is -0.352 e. The minimum absolute atomic E-state index is 0. The van der Waals surface area contributed by atoms with Crippen LogP contribution in [0.5, 0.6) is 0 Å². The van der Waals surface area contributed by atoms with E-state index >= 15 is 0 Å². The second kappa shape index (κ2) is 10.9. The van der Waals surface area contributed by atoms with Crippen molar-refractivity contribution in [3.05, 3.63) is 52.2 Å². The molecule has 0 radical (unpaired) electrons. The highest BCUT2D eigenvalue weighted by atomic mass is 127. The fourth-order valence-corrected chi connectivity index (χ4v) is 3.25. The Kier molecular flexibility index (Phi) is 9.66. The number of hydrogen-bond acceptors (Lipinski definition) is 3. The molecule has 6 heteroatoms. The van der Waals surface area contributed by atoms with Crippen molar-refractivity contribution >= 4 is 53.0 Å². The second-order valence-electron chi connectivity index (χ2n) is 5.00. The van der Waals surface area contributed by atoms with Crippen molar-refractivity contribution in [1.82, 2.24) is 10.2 Å². The Balaban J connectivity index is 0.00000264. The summed E-state index contributed by atoms with van der Waals surface area (Å²) >= 11 is 3.57. The van der Waals surface area contributed by atoms with Crippen LogP contribution in [-0.2, 0) is 13.0 Å². The Morgan fingerprint density at radius 2 is 2.00 bits per heavy atom. The summed E-state index contributed by atoms with van der Waals surface area (Å²) < 4.78 is 0. The minimum atomic E-state index is 0. The molecule has 3 nitrogen and oxygen atoms in total. The molecule has 0 bridgehead atoms. The first kappa shape index (κ1) is 20.3. The highest BCUT2D eigenvalue weighted by molar-refractivity contribution is 14.0. The summed E-state index contributed by atoms with van der Waals surface area (Å²) in [7, 11) is 3.92. The molecule has 0 atom stereocenters. The lowest BCUT2D eigenvalue weighted by Crippen LogP contribution is -2.39. The molecule has 0 saturated carbocycles. The molecule has 0 aliphatic rings. The summed E-state index contributed by atoms with van der Waals surface area (Å²) in [4.78, 5) is 9.25. The molecule has 126 valence electrons. The smallest absolute Gasteiger partial charge is 0.193 e. The number of thiophene rings is 1. The summed E-state index contributed by atoms with van der Waals surface area (Å²) in [6, 6.07) is 12.9. The van der Waals surface area contributed by atoms with Crippen LogP contribution in [0.2, 0.25) is 0 Å². The zero-order valence-electron chi connectivity index (χ0n) is 13.8. The number of nitrogens with one attached hydrogen (secondary N) is 1. The van der Waals surface area contributed by atoms with Crippen LogP contribution in [0.4, 0.5) is 0 Å². The van der Waals surface area contributed by atoms with E-state index in [1.807, 2.05) is 18.4 Å². The normalized spacial score (nSPS) is 11.0. The van der Waals surface area contributed by atoms with Gasteiger partial charge in [0.1, 0.15) is 0 Å². The number of hydrogen-bond donors (Lipinski definition) is 1. The van der Waals surface area contributed by atoms with Crippen LogP contribution in [0.1, 0.15) is 10.4 Å². The molecule has 1 aromatic carbocycles. The van der Waals surface area contributed by atoms with E-state index in [9.17, 15) is 0 Å². The molecule has 1 heterocycles. The van der Waals surface area contributed by atoms with Crippen molar-refractivity contribution in [1.29, 1.82) is 0 Å². The van der Waals surface area contributed by atoms with Gasteiger partial charge in [-0.3, -0.25) is 4.99 Å². The van der Waals surface area contributed by atoms with E-state index in [0.717, 1.165) is 25.5 Å². The predicted octanol–water partition coefficient (Wildman–Crippen LogP) is 4.34. The molecule has 1 aromatic heterocycles. The first-order chi connectivity index (χ1) is 10.7. The summed E-state index contributed by atoms with van der Waals surface area (Å²) in [5.74, 6) is 0.936. The second-order valence-corrected chi connectivity index (χ2v) is 6.91. The maximum absolute atomic E-state index is 4.37. The average Bonchev–Trinajstić information content (AvgIpc) is 3.07. The third-order valence-corrected chi connectivity index (χ3v) is 5.14. The van der Waals surface area contributed by atoms with Crippen LogP contribution in [0.3, 0.4) is 0 Å². The van der Waals surface area contributed by atoms with E-state index in [-0.39, 0.29) is 24.0 Å². The maximum Gasteiger partial charge on any atom is 0.193 e. The lowest BCUT2D eigenvalue weighted by Gasteiger charge is -2.22. The van der Waals surface area contributed by atoms with Crippen molar-refractivity contribution in [2.75, 3.05) is 26.9 Å². The zero-order chi connectivity index (χ0) is 15.8. The molecule has 0 amide bonds. The Bertz CT molecular complexity index is 582. The third kappa shape index (κ3) is 6.73. The van der Waals surface area contributed by atoms with Crippen LogP contribution in [0, 0.1) is 0 Å². The number of benzene rings is 1. The largest absolute Gasteiger partial charge is 0.352 e. The van der Waals surface area contributed by atoms with Gasteiger partial charge in [-0.15, -0.1) is 47.1 Å². The maximum atomic E-state index is 4.37. The summed E-state index contributed by atoms with van der Waals surface area (Å²) in [6.45, 7) is 1.76. The van der Waals surface area contributed by atoms with Gasteiger partial charge in [0.05, 0.1) is 0 Å². The molecular formula is C17H24IN3S2. The number of halogens is 1. The molecule has 0 aliphatic carbocycles. The monoisotopic (exact) mass is 461 g/mol. The molecule has 0 aliphatic heterocycles. The van der Waals surface area contributed by atoms with Crippen molar-refractivity contribution < 1.29 is 0 Å². The van der Waals surface area contributed by atoms with E-state index in [4.69, 9.17) is 0 Å². The number of thioether (sulfide) groups is 1. The molecular weight excluding hydrogens is 437 g/mol. The zero-order valence-corrected chi connectivity index (χ0v) is 17.7. The molecule has 0 spiro atoms. The average molecular weight is 461 g/mol. The predicted molar refractivity (Wildman–Crippen MR) is 114 cm³/mol. The van der Waals surface area contributed by atoms with E-state index in [1.165, 1.54) is 15.3 Å². The molecule has 0 fully saturated rings. The van der Waals surface area contributed by atoms with Crippen LogP contribution in [0.15, 0.2) is 51.7 Å². The van der Waals surface area contributed by atoms with Gasteiger partial charge < -0.3 is 10.2 Å². The summed E-state index contributed by atoms with van der Waals surface area (Å²) in [5.41, 5.74) is 1.27. The van der Waals surface area contributed by atoms with E-state index in [0.29, 0.717) is 0 Å². The van der Waals surface area contributed by atoms with Gasteiger partial charge in [-0.25, -0.2) is 0 Å². The molecule has 0 unspecified atom stereocenters. The molecule has 2 rings (SSSR count). The van der Waals surface area contributed by atoms with Crippen molar-refractivity contribution in [3.63, 3.8) is 0 Å². The van der Waals surface area contributed by atoms with Crippen LogP contribution >= 0.6 is 47.1 Å². The molecule has 1 N–H and O–H groups in total. The lowest BCUT2D eigenvalue weighted by atomic mass is 10.2. The van der Waals surface area contributed by atoms with Gasteiger partial charge in [0.2, 0.25) is 0 Å². The van der Waals surface area contributed by atoms with Gasteiger partial charge in [0, 0.05) is 37.0 Å². The number of aliphatic imine (C=N–C) groups is 1. The fourth-order valence-electron chi connectivity index (χ4n) is 2.15. The van der Waals surface area contributed by atoms with Gasteiger partial charge in [-0.2, -0.15) is 0 Å². The number of likely N-dealkylation sites (N-methyl/N-ethyl adjacent to an activating group) is 1. The molecule has 23 heavy (non-hydrogen) atoms. The van der Waals surface area contributed by atoms with Crippen molar-refractivity contribution in [2.24, 2.45) is 4.99 Å². The topological polar surface area (TPSA) is 27.6 Å². The van der Waals surface area contributed by atoms with Gasteiger partial charge in [-0.1, -0.05) is 18.2 Å². The Morgan fingerprint density at radius 1 is 1.26 bits per heavy atom. The van der Waals surface area contributed by atoms with Gasteiger partial charge in [0.15, 0.2) is 5.96 Å². The van der Waals surface area contributed by atoms with E-state index in [2.05, 4.69) is 70.3 Å². The quantitative estimate of drug-likeness (QED) is 0.300. The SMILES string of the molecule is CN=C(NCc1ccc(SC)cc1)N(C)CCc1cccs1.I. The van der Waals surface area contributed by atoms with Gasteiger partial charge >= 0.3 is 0 Å². The van der Waals surface area contributed by atoms with Crippen molar-refractivity contribution in [2.45, 2.75) is 17.9 Å². The highest BCUT2D eigenvalue weighted by Crippen LogP contribution is 2.14. The Hall–Kier alpha value is -0.730. The first-order valence-corrected chi connectivity index (χ1v) is 9.40. The van der Waals surface area contributed by atoms with Crippen molar-refractivity contribution in [3.8, 4) is 0 Å². The number of rotatable bonds is 6. The van der Waals surface area contributed by atoms with Crippen LogP contribution < -0.4 is 5.32 Å². The van der Waals surface area contributed by atoms with Crippen LogP contribution in [0.25, 0.3) is 0 Å². The Labute approximate surface area is 164 Å². The standard InChI is InChI=1S/C17H23N3S2.HI/c1-18-17(20(2)11-10-16-5-4-12-22-16)19-13-14-6-8-15(21-3)9-7-14;/h4-9,12H,10-11,13H2,1-3H3,(H,18,19);1H. The van der Waals surface area contributed by atoms with Crippen LogP contribution in [-0.4, -0.2) is 37.8 Å². The van der Waals surface area contributed by atoms with Gasteiger partial charge in [0.25, 0.3) is 0 Å². The van der Waals surface area contributed by atoms with E-state index < -0.39 is 0 Å². The summed E-state index contributed by atoms with van der Waals surface area (Å²) in [6.07, 6.45) is 3.15. The fraction of sp³-hybridized carbons (Fsp3) is 0.353. The third-order valence-electron chi connectivity index (χ3n) is 3.46. The number of nitrogens with zero attached hydrogens (tertiary/aromatic N) is 2.